The van der Waals surface area contributed by atoms with Crippen LogP contribution >= 0.6 is 0 Å². The highest BCUT2D eigenvalue weighted by Gasteiger charge is 2.30. The minimum Gasteiger partial charge on any atom is -0.372 e. The Labute approximate surface area is 156 Å². The van der Waals surface area contributed by atoms with Crippen LogP contribution < -0.4 is 5.32 Å². The van der Waals surface area contributed by atoms with Crippen LogP contribution in [-0.2, 0) is 14.3 Å². The van der Waals surface area contributed by atoms with Crippen molar-refractivity contribution < 1.29 is 14.3 Å². The molecule has 1 N–H and O–H groups in total. The summed E-state index contributed by atoms with van der Waals surface area (Å²) in [6.07, 6.45) is 0.0700. The molecule has 0 bridgehead atoms. The van der Waals surface area contributed by atoms with Gasteiger partial charge in [-0.15, -0.1) is 0 Å². The van der Waals surface area contributed by atoms with Crippen LogP contribution in [0.1, 0.15) is 31.9 Å². The van der Waals surface area contributed by atoms with E-state index in [-0.39, 0.29) is 36.6 Å². The number of carbonyl (C=O) groups is 2. The summed E-state index contributed by atoms with van der Waals surface area (Å²) in [5.41, 5.74) is 2.93. The third-order valence-electron chi connectivity index (χ3n) is 4.81. The quantitative estimate of drug-likeness (QED) is 0.873. The SMILES string of the molecule is Cc1ccc(C)c(NC(=O)CN(C)[C@@H](C)C(=O)N2C[C@@H](C)O[C@@H](C)C2)c1. The molecule has 2 amide bonds. The number of carbonyl (C=O) groups excluding carboxylic acids is 2. The van der Waals surface area contributed by atoms with Gasteiger partial charge in [-0.05, 0) is 58.9 Å². The van der Waals surface area contributed by atoms with Gasteiger partial charge in [0.05, 0.1) is 24.8 Å². The summed E-state index contributed by atoms with van der Waals surface area (Å²) in [5, 5.41) is 2.94. The van der Waals surface area contributed by atoms with E-state index >= 15 is 0 Å². The minimum atomic E-state index is -0.364. The Balaban J connectivity index is 1.93. The molecule has 26 heavy (non-hydrogen) atoms. The number of morpholine rings is 1. The lowest BCUT2D eigenvalue weighted by molar-refractivity contribution is -0.148. The van der Waals surface area contributed by atoms with Gasteiger partial charge in [0.25, 0.3) is 0 Å². The minimum absolute atomic E-state index is 0.0350. The normalized spacial score (nSPS) is 21.6. The molecule has 6 heteroatoms. The number of rotatable bonds is 5. The monoisotopic (exact) mass is 361 g/mol. The molecule has 2 rings (SSSR count). The number of aryl methyl sites for hydroxylation is 2. The molecule has 6 nitrogen and oxygen atoms in total. The highest BCUT2D eigenvalue weighted by atomic mass is 16.5. The van der Waals surface area contributed by atoms with Crippen LogP contribution in [-0.4, -0.2) is 66.5 Å². The van der Waals surface area contributed by atoms with Crippen LogP contribution in [0.25, 0.3) is 0 Å². The van der Waals surface area contributed by atoms with E-state index in [0.29, 0.717) is 13.1 Å². The zero-order valence-corrected chi connectivity index (χ0v) is 16.7. The molecule has 0 aliphatic carbocycles. The number of likely N-dealkylation sites (N-methyl/N-ethyl adjacent to an activating group) is 1. The van der Waals surface area contributed by atoms with Crippen LogP contribution in [0.3, 0.4) is 0 Å². The second-order valence-electron chi connectivity index (χ2n) is 7.46. The molecule has 1 heterocycles. The number of benzene rings is 1. The molecule has 3 atom stereocenters. The molecular formula is C20H31N3O3. The first-order valence-electron chi connectivity index (χ1n) is 9.19. The van der Waals surface area contributed by atoms with Crippen LogP contribution in [0.2, 0.25) is 0 Å². The highest BCUT2D eigenvalue weighted by Crippen LogP contribution is 2.17. The second-order valence-corrected chi connectivity index (χ2v) is 7.46. The Hall–Kier alpha value is -1.92. The van der Waals surface area contributed by atoms with Gasteiger partial charge in [0.2, 0.25) is 11.8 Å². The summed E-state index contributed by atoms with van der Waals surface area (Å²) < 4.78 is 5.69. The molecule has 144 valence electrons. The van der Waals surface area contributed by atoms with Crippen molar-refractivity contribution in [3.8, 4) is 0 Å². The van der Waals surface area contributed by atoms with Gasteiger partial charge in [0.1, 0.15) is 0 Å². The Bertz CT molecular complexity index is 652. The van der Waals surface area contributed by atoms with Crippen molar-refractivity contribution in [2.45, 2.75) is 52.9 Å². The largest absolute Gasteiger partial charge is 0.372 e. The Morgan fingerprint density at radius 2 is 1.88 bits per heavy atom. The summed E-state index contributed by atoms with van der Waals surface area (Å²) in [7, 11) is 1.80. The molecule has 0 radical (unpaired) electrons. The standard InChI is InChI=1S/C20H31N3O3/c1-13-7-8-14(2)18(9-13)21-19(24)12-22(6)17(5)20(25)23-10-15(3)26-16(4)11-23/h7-9,15-17H,10-12H2,1-6H3,(H,21,24)/t15-,16+,17-/m0/s1. The maximum atomic E-state index is 12.8. The van der Waals surface area contributed by atoms with Gasteiger partial charge in [-0.25, -0.2) is 0 Å². The number of amides is 2. The van der Waals surface area contributed by atoms with Gasteiger partial charge in [0.15, 0.2) is 0 Å². The smallest absolute Gasteiger partial charge is 0.239 e. The number of hydrogen-bond donors (Lipinski definition) is 1. The van der Waals surface area contributed by atoms with Crippen molar-refractivity contribution in [3.63, 3.8) is 0 Å². The molecule has 1 saturated heterocycles. The van der Waals surface area contributed by atoms with Gasteiger partial charge in [-0.2, -0.15) is 0 Å². The fourth-order valence-corrected chi connectivity index (χ4v) is 3.23. The maximum Gasteiger partial charge on any atom is 0.239 e. The van der Waals surface area contributed by atoms with Crippen molar-refractivity contribution in [2.75, 3.05) is 32.0 Å². The van der Waals surface area contributed by atoms with Crippen molar-refractivity contribution in [2.24, 2.45) is 0 Å². The third kappa shape index (κ3) is 5.29. The van der Waals surface area contributed by atoms with Crippen LogP contribution in [0, 0.1) is 13.8 Å². The molecular weight excluding hydrogens is 330 g/mol. The van der Waals surface area contributed by atoms with Crippen molar-refractivity contribution in [1.29, 1.82) is 0 Å². The fourth-order valence-electron chi connectivity index (χ4n) is 3.23. The van der Waals surface area contributed by atoms with Gasteiger partial charge in [0, 0.05) is 18.8 Å². The summed E-state index contributed by atoms with van der Waals surface area (Å²) in [6.45, 7) is 11.1. The molecule has 0 spiro atoms. The zero-order valence-electron chi connectivity index (χ0n) is 16.7. The van der Waals surface area contributed by atoms with Gasteiger partial charge < -0.3 is 15.0 Å². The second kappa shape index (κ2) is 8.64. The van der Waals surface area contributed by atoms with E-state index in [0.717, 1.165) is 16.8 Å². The Morgan fingerprint density at radius 1 is 1.27 bits per heavy atom. The summed E-state index contributed by atoms with van der Waals surface area (Å²) in [4.78, 5) is 28.8. The topological polar surface area (TPSA) is 61.9 Å². The molecule has 1 aliphatic rings. The molecule has 1 fully saturated rings. The average Bonchev–Trinajstić information content (AvgIpc) is 2.55. The van der Waals surface area contributed by atoms with Gasteiger partial charge >= 0.3 is 0 Å². The van der Waals surface area contributed by atoms with Crippen LogP contribution in [0.4, 0.5) is 5.69 Å². The summed E-state index contributed by atoms with van der Waals surface area (Å²) in [6, 6.07) is 5.60. The first-order chi connectivity index (χ1) is 12.2. The lowest BCUT2D eigenvalue weighted by atomic mass is 10.1. The highest BCUT2D eigenvalue weighted by molar-refractivity contribution is 5.93. The van der Waals surface area contributed by atoms with Crippen molar-refractivity contribution >= 4 is 17.5 Å². The summed E-state index contributed by atoms with van der Waals surface area (Å²) in [5.74, 6) is -0.0846. The zero-order chi connectivity index (χ0) is 19.4. The van der Waals surface area contributed by atoms with E-state index < -0.39 is 0 Å². The van der Waals surface area contributed by atoms with E-state index in [4.69, 9.17) is 4.74 Å². The van der Waals surface area contributed by atoms with E-state index in [9.17, 15) is 9.59 Å². The predicted molar refractivity (Wildman–Crippen MR) is 103 cm³/mol. The lowest BCUT2D eigenvalue weighted by Crippen LogP contribution is -2.54. The molecule has 0 aromatic heterocycles. The molecule has 0 saturated carbocycles. The molecule has 1 aromatic rings. The van der Waals surface area contributed by atoms with Gasteiger partial charge in [-0.3, -0.25) is 14.5 Å². The first kappa shape index (κ1) is 20.4. The van der Waals surface area contributed by atoms with E-state index in [1.54, 1.807) is 11.9 Å². The number of nitrogens with zero attached hydrogens (tertiary/aromatic N) is 2. The van der Waals surface area contributed by atoms with Crippen LogP contribution in [0.5, 0.6) is 0 Å². The number of ether oxygens (including phenoxy) is 1. The molecule has 0 unspecified atom stereocenters. The maximum absolute atomic E-state index is 12.8. The number of anilines is 1. The predicted octanol–water partition coefficient (Wildman–Crippen LogP) is 2.20. The van der Waals surface area contributed by atoms with Crippen molar-refractivity contribution in [1.82, 2.24) is 9.80 Å². The van der Waals surface area contributed by atoms with Crippen LogP contribution in [0.15, 0.2) is 18.2 Å². The average molecular weight is 361 g/mol. The molecule has 1 aliphatic heterocycles. The van der Waals surface area contributed by atoms with Gasteiger partial charge in [-0.1, -0.05) is 12.1 Å². The van der Waals surface area contributed by atoms with E-state index in [2.05, 4.69) is 5.32 Å². The number of hydrogen-bond acceptors (Lipinski definition) is 4. The van der Waals surface area contributed by atoms with Crippen molar-refractivity contribution in [3.05, 3.63) is 29.3 Å². The Kier molecular flexibility index (Phi) is 6.78. The van der Waals surface area contributed by atoms with E-state index in [1.807, 2.05) is 57.7 Å². The Morgan fingerprint density at radius 3 is 2.50 bits per heavy atom. The lowest BCUT2D eigenvalue weighted by Gasteiger charge is -2.38. The first-order valence-corrected chi connectivity index (χ1v) is 9.19. The number of nitrogens with one attached hydrogen (secondary N) is 1. The fraction of sp³-hybridized carbons (Fsp3) is 0.600. The van der Waals surface area contributed by atoms with E-state index in [1.165, 1.54) is 0 Å². The molecule has 1 aromatic carbocycles. The summed E-state index contributed by atoms with van der Waals surface area (Å²) >= 11 is 0. The third-order valence-corrected chi connectivity index (χ3v) is 4.81.